The lowest BCUT2D eigenvalue weighted by atomic mass is 10.2. The van der Waals surface area contributed by atoms with E-state index in [0.29, 0.717) is 18.9 Å². The summed E-state index contributed by atoms with van der Waals surface area (Å²) in [6.07, 6.45) is 0.671. The van der Waals surface area contributed by atoms with Crippen LogP contribution >= 0.6 is 0 Å². The van der Waals surface area contributed by atoms with Crippen LogP contribution in [0.3, 0.4) is 0 Å². The van der Waals surface area contributed by atoms with Crippen molar-refractivity contribution in [3.8, 4) is 5.75 Å². The summed E-state index contributed by atoms with van der Waals surface area (Å²) in [5.41, 5.74) is 6.73. The Morgan fingerprint density at radius 1 is 1.50 bits per heavy atom. The summed E-state index contributed by atoms with van der Waals surface area (Å²) >= 11 is 0. The monoisotopic (exact) mass is 192 g/mol. The first kappa shape index (κ1) is 10.6. The Kier molecular flexibility index (Phi) is 3.98. The van der Waals surface area contributed by atoms with E-state index in [1.165, 1.54) is 5.56 Å². The van der Waals surface area contributed by atoms with Gasteiger partial charge in [0.2, 0.25) is 0 Å². The van der Waals surface area contributed by atoms with Gasteiger partial charge in [0.05, 0.1) is 12.4 Å². The first-order valence-corrected chi connectivity index (χ1v) is 4.63. The third-order valence-corrected chi connectivity index (χ3v) is 1.90. The molecule has 0 fully saturated rings. The van der Waals surface area contributed by atoms with Crippen molar-refractivity contribution in [1.29, 1.82) is 0 Å². The van der Waals surface area contributed by atoms with Crippen molar-refractivity contribution in [3.63, 3.8) is 0 Å². The highest BCUT2D eigenvalue weighted by Crippen LogP contribution is 2.12. The Morgan fingerprint density at radius 3 is 2.93 bits per heavy atom. The van der Waals surface area contributed by atoms with E-state index in [0.717, 1.165) is 5.75 Å². The topological polar surface area (TPSA) is 47.6 Å². The maximum Gasteiger partial charge on any atom is 0.119 e. The summed E-state index contributed by atoms with van der Waals surface area (Å²) in [7, 11) is 1.68. The zero-order valence-corrected chi connectivity index (χ0v) is 8.66. The number of benzene rings is 1. The molecule has 0 radical (unpaired) electrons. The zero-order chi connectivity index (χ0) is 10.4. The number of hydrogen-bond acceptors (Lipinski definition) is 2. The largest absolute Gasteiger partial charge is 0.493 e. The van der Waals surface area contributed by atoms with Crippen molar-refractivity contribution in [2.45, 2.75) is 13.3 Å². The normalized spacial score (nSPS) is 11.4. The van der Waals surface area contributed by atoms with Crippen molar-refractivity contribution >= 4 is 5.84 Å². The Balaban J connectivity index is 2.39. The minimum absolute atomic E-state index is 0.576. The van der Waals surface area contributed by atoms with E-state index in [1.807, 2.05) is 31.2 Å². The van der Waals surface area contributed by atoms with E-state index in [-0.39, 0.29) is 0 Å². The molecule has 0 bridgehead atoms. The van der Waals surface area contributed by atoms with Gasteiger partial charge in [-0.1, -0.05) is 12.1 Å². The average molecular weight is 192 g/mol. The fraction of sp³-hybridized carbons (Fsp3) is 0.364. The molecule has 3 nitrogen and oxygen atoms in total. The number of amidine groups is 1. The van der Waals surface area contributed by atoms with Gasteiger partial charge in [-0.05, 0) is 24.6 Å². The first-order valence-electron chi connectivity index (χ1n) is 4.63. The lowest BCUT2D eigenvalue weighted by molar-refractivity contribution is 0.328. The molecule has 0 atom stereocenters. The number of aliphatic imine (C=N–C) groups is 1. The number of hydrogen-bond donors (Lipinski definition) is 1. The predicted octanol–water partition coefficient (Wildman–Crippen LogP) is 1.75. The second kappa shape index (κ2) is 5.27. The van der Waals surface area contributed by atoms with Crippen LogP contribution in [0.2, 0.25) is 0 Å². The van der Waals surface area contributed by atoms with Crippen molar-refractivity contribution in [2.75, 3.05) is 13.7 Å². The number of aryl methyl sites for hydroxylation is 1. The van der Waals surface area contributed by atoms with Gasteiger partial charge in [0, 0.05) is 13.5 Å². The van der Waals surface area contributed by atoms with Gasteiger partial charge in [-0.2, -0.15) is 0 Å². The Morgan fingerprint density at radius 2 is 2.29 bits per heavy atom. The molecule has 0 aromatic heterocycles. The minimum atomic E-state index is 0.576. The fourth-order valence-electron chi connectivity index (χ4n) is 1.09. The molecule has 1 aromatic rings. The van der Waals surface area contributed by atoms with Crippen molar-refractivity contribution in [1.82, 2.24) is 0 Å². The molecule has 0 saturated heterocycles. The van der Waals surface area contributed by atoms with E-state index < -0.39 is 0 Å². The van der Waals surface area contributed by atoms with Crippen molar-refractivity contribution in [2.24, 2.45) is 10.7 Å². The standard InChI is InChI=1S/C11H16N2O/c1-9-4-3-5-10(8-9)14-7-6-11(12)13-2/h3-5,8H,6-7H2,1-2H3,(H2,12,13). The molecule has 0 spiro atoms. The summed E-state index contributed by atoms with van der Waals surface area (Å²) in [5.74, 6) is 1.51. The van der Waals surface area contributed by atoms with Gasteiger partial charge in [-0.3, -0.25) is 4.99 Å². The fourth-order valence-corrected chi connectivity index (χ4v) is 1.09. The maximum absolute atomic E-state index is 5.54. The van der Waals surface area contributed by atoms with Gasteiger partial charge in [-0.15, -0.1) is 0 Å². The second-order valence-corrected chi connectivity index (χ2v) is 3.13. The van der Waals surface area contributed by atoms with Crippen LogP contribution in [0.5, 0.6) is 5.75 Å². The molecule has 2 N–H and O–H groups in total. The molecule has 76 valence electrons. The molecule has 0 amide bonds. The highest BCUT2D eigenvalue weighted by atomic mass is 16.5. The van der Waals surface area contributed by atoms with Crippen LogP contribution in [0, 0.1) is 6.92 Å². The minimum Gasteiger partial charge on any atom is -0.493 e. The molecule has 1 rings (SSSR count). The Hall–Kier alpha value is -1.51. The third kappa shape index (κ3) is 3.47. The molecule has 1 aromatic carbocycles. The second-order valence-electron chi connectivity index (χ2n) is 3.13. The van der Waals surface area contributed by atoms with Crippen molar-refractivity contribution in [3.05, 3.63) is 29.8 Å². The first-order chi connectivity index (χ1) is 6.72. The molecule has 3 heteroatoms. The maximum atomic E-state index is 5.54. The van der Waals surface area contributed by atoms with E-state index in [1.54, 1.807) is 7.05 Å². The van der Waals surface area contributed by atoms with E-state index in [2.05, 4.69) is 4.99 Å². The van der Waals surface area contributed by atoms with Crippen molar-refractivity contribution < 1.29 is 4.74 Å². The molecule has 0 aliphatic carbocycles. The smallest absolute Gasteiger partial charge is 0.119 e. The third-order valence-electron chi connectivity index (χ3n) is 1.90. The molecule has 0 saturated carbocycles. The highest BCUT2D eigenvalue weighted by molar-refractivity contribution is 5.80. The van der Waals surface area contributed by atoms with Crippen LogP contribution < -0.4 is 10.5 Å². The van der Waals surface area contributed by atoms with Crippen LogP contribution in [0.1, 0.15) is 12.0 Å². The number of rotatable bonds is 4. The van der Waals surface area contributed by atoms with E-state index in [4.69, 9.17) is 10.5 Å². The van der Waals surface area contributed by atoms with Crippen LogP contribution in [-0.4, -0.2) is 19.5 Å². The van der Waals surface area contributed by atoms with E-state index in [9.17, 15) is 0 Å². The van der Waals surface area contributed by atoms with Crippen LogP contribution in [0.15, 0.2) is 29.3 Å². The van der Waals surface area contributed by atoms with Gasteiger partial charge in [0.15, 0.2) is 0 Å². The molecular formula is C11H16N2O. The van der Waals surface area contributed by atoms with Crippen LogP contribution in [0.4, 0.5) is 0 Å². The summed E-state index contributed by atoms with van der Waals surface area (Å²) in [4.78, 5) is 3.85. The average Bonchev–Trinajstić information content (AvgIpc) is 2.17. The van der Waals surface area contributed by atoms with E-state index >= 15 is 0 Å². The Bertz CT molecular complexity index is 321. The van der Waals surface area contributed by atoms with Gasteiger partial charge in [-0.25, -0.2) is 0 Å². The molecule has 14 heavy (non-hydrogen) atoms. The molecule has 0 unspecified atom stereocenters. The molecule has 0 aliphatic rings. The lowest BCUT2D eigenvalue weighted by Crippen LogP contribution is -2.15. The highest BCUT2D eigenvalue weighted by Gasteiger charge is 1.95. The van der Waals surface area contributed by atoms with Gasteiger partial charge in [0.25, 0.3) is 0 Å². The van der Waals surface area contributed by atoms with Gasteiger partial charge in [0.1, 0.15) is 5.75 Å². The quantitative estimate of drug-likeness (QED) is 0.583. The lowest BCUT2D eigenvalue weighted by Gasteiger charge is -2.05. The van der Waals surface area contributed by atoms with Crippen LogP contribution in [0.25, 0.3) is 0 Å². The molecular weight excluding hydrogens is 176 g/mol. The molecule has 0 heterocycles. The van der Waals surface area contributed by atoms with Gasteiger partial charge < -0.3 is 10.5 Å². The van der Waals surface area contributed by atoms with Crippen LogP contribution in [-0.2, 0) is 0 Å². The predicted molar refractivity (Wildman–Crippen MR) is 58.8 cm³/mol. The summed E-state index contributed by atoms with van der Waals surface area (Å²) < 4.78 is 5.50. The number of nitrogens with zero attached hydrogens (tertiary/aromatic N) is 1. The van der Waals surface area contributed by atoms with Gasteiger partial charge >= 0.3 is 0 Å². The number of ether oxygens (including phenoxy) is 1. The molecule has 0 aliphatic heterocycles. The zero-order valence-electron chi connectivity index (χ0n) is 8.66. The number of nitrogens with two attached hydrogens (primary N) is 1. The summed E-state index contributed by atoms with van der Waals surface area (Å²) in [6.45, 7) is 2.61. The Labute approximate surface area is 84.6 Å². The summed E-state index contributed by atoms with van der Waals surface area (Å²) in [5, 5.41) is 0. The SMILES string of the molecule is CN=C(N)CCOc1cccc(C)c1. The summed E-state index contributed by atoms with van der Waals surface area (Å²) in [6, 6.07) is 7.95.